The molecule has 2 nitrogen and oxygen atoms in total. The smallest absolute Gasteiger partial charge is 0.0674 e. The van der Waals surface area contributed by atoms with E-state index in [-0.39, 0.29) is 0 Å². The second kappa shape index (κ2) is 2.86. The van der Waals surface area contributed by atoms with Gasteiger partial charge in [-0.15, -0.1) is 0 Å². The minimum Gasteiger partial charge on any atom is -0.155 e. The van der Waals surface area contributed by atoms with Crippen LogP contribution in [0.4, 0.5) is 0 Å². The molecule has 10 heavy (non-hydrogen) atoms. The van der Waals surface area contributed by atoms with Crippen molar-refractivity contribution in [2.75, 3.05) is 0 Å². The van der Waals surface area contributed by atoms with E-state index < -0.39 is 0 Å². The van der Waals surface area contributed by atoms with Crippen molar-refractivity contribution >= 4 is 5.71 Å². The Bertz CT molecular complexity index is 178. The second-order valence-electron chi connectivity index (χ2n) is 2.77. The van der Waals surface area contributed by atoms with E-state index in [1.807, 2.05) is 0 Å². The SMILES string of the molecule is CCC1=CC(C(C)C)=N[N]1. The van der Waals surface area contributed by atoms with E-state index in [4.69, 9.17) is 0 Å². The second-order valence-corrected chi connectivity index (χ2v) is 2.77. The topological polar surface area (TPSA) is 26.5 Å². The minimum atomic E-state index is 0.507. The Labute approximate surface area is 62.0 Å². The molecule has 0 unspecified atom stereocenters. The van der Waals surface area contributed by atoms with E-state index in [9.17, 15) is 0 Å². The summed E-state index contributed by atoms with van der Waals surface area (Å²) >= 11 is 0. The number of nitrogens with zero attached hydrogens (tertiary/aromatic N) is 2. The summed E-state index contributed by atoms with van der Waals surface area (Å²) in [6.07, 6.45) is 3.06. The van der Waals surface area contributed by atoms with Gasteiger partial charge < -0.3 is 0 Å². The van der Waals surface area contributed by atoms with Gasteiger partial charge in [-0.3, -0.25) is 0 Å². The lowest BCUT2D eigenvalue weighted by Crippen LogP contribution is -2.00. The van der Waals surface area contributed by atoms with Gasteiger partial charge in [0.2, 0.25) is 0 Å². The molecule has 1 rings (SSSR count). The van der Waals surface area contributed by atoms with Crippen LogP contribution in [0, 0.1) is 5.92 Å². The van der Waals surface area contributed by atoms with Crippen LogP contribution < -0.4 is 5.43 Å². The van der Waals surface area contributed by atoms with E-state index in [0.717, 1.165) is 17.8 Å². The van der Waals surface area contributed by atoms with Gasteiger partial charge in [0.1, 0.15) is 0 Å². The summed E-state index contributed by atoms with van der Waals surface area (Å²) in [6.45, 7) is 6.35. The van der Waals surface area contributed by atoms with Crippen LogP contribution in [0.3, 0.4) is 0 Å². The molecule has 0 fully saturated rings. The summed E-state index contributed by atoms with van der Waals surface area (Å²) in [5.74, 6) is 0.507. The molecule has 55 valence electrons. The molecule has 1 radical (unpaired) electrons. The van der Waals surface area contributed by atoms with Crippen molar-refractivity contribution in [1.82, 2.24) is 5.43 Å². The van der Waals surface area contributed by atoms with Gasteiger partial charge in [-0.1, -0.05) is 20.8 Å². The lowest BCUT2D eigenvalue weighted by atomic mass is 10.1. The molecule has 0 spiro atoms. The first-order valence-corrected chi connectivity index (χ1v) is 3.73. The highest BCUT2D eigenvalue weighted by Crippen LogP contribution is 2.10. The molecular weight excluding hydrogens is 124 g/mol. The minimum absolute atomic E-state index is 0.507. The Morgan fingerprint density at radius 1 is 1.50 bits per heavy atom. The Morgan fingerprint density at radius 2 is 2.20 bits per heavy atom. The summed E-state index contributed by atoms with van der Waals surface area (Å²) in [5, 5.41) is 4.04. The molecule has 0 aromatic carbocycles. The van der Waals surface area contributed by atoms with Crippen LogP contribution in [0.1, 0.15) is 27.2 Å². The molecule has 0 atom stereocenters. The molecule has 0 aromatic rings. The van der Waals surface area contributed by atoms with E-state index in [2.05, 4.69) is 37.4 Å². The van der Waals surface area contributed by atoms with E-state index >= 15 is 0 Å². The van der Waals surface area contributed by atoms with Gasteiger partial charge >= 0.3 is 0 Å². The van der Waals surface area contributed by atoms with Crippen LogP contribution in [0.2, 0.25) is 0 Å². The van der Waals surface area contributed by atoms with Gasteiger partial charge in [-0.05, 0) is 18.4 Å². The molecule has 1 heterocycles. The fourth-order valence-corrected chi connectivity index (χ4v) is 0.805. The molecule has 0 aromatic heterocycles. The van der Waals surface area contributed by atoms with Gasteiger partial charge in [-0.2, -0.15) is 10.5 Å². The van der Waals surface area contributed by atoms with Crippen LogP contribution >= 0.6 is 0 Å². The molecular formula is C8H13N2. The molecule has 0 aliphatic carbocycles. The summed E-state index contributed by atoms with van der Waals surface area (Å²) in [5.41, 5.74) is 6.21. The average Bonchev–Trinajstić information content (AvgIpc) is 2.34. The molecule has 0 N–H and O–H groups in total. The first kappa shape index (κ1) is 7.32. The van der Waals surface area contributed by atoms with Crippen molar-refractivity contribution in [3.05, 3.63) is 11.8 Å². The number of hydrogen-bond donors (Lipinski definition) is 0. The van der Waals surface area contributed by atoms with Crippen LogP contribution in [0.15, 0.2) is 16.9 Å². The number of rotatable bonds is 2. The summed E-state index contributed by atoms with van der Waals surface area (Å²) in [7, 11) is 0. The highest BCUT2D eigenvalue weighted by molar-refractivity contribution is 5.98. The van der Waals surface area contributed by atoms with Crippen molar-refractivity contribution in [2.24, 2.45) is 11.0 Å². The quantitative estimate of drug-likeness (QED) is 0.556. The summed E-state index contributed by atoms with van der Waals surface area (Å²) in [4.78, 5) is 0. The summed E-state index contributed by atoms with van der Waals surface area (Å²) < 4.78 is 0. The molecule has 0 saturated heterocycles. The van der Waals surface area contributed by atoms with Crippen molar-refractivity contribution in [1.29, 1.82) is 0 Å². The highest BCUT2D eigenvalue weighted by atomic mass is 15.3. The Morgan fingerprint density at radius 3 is 2.50 bits per heavy atom. The van der Waals surface area contributed by atoms with E-state index in [1.165, 1.54) is 0 Å². The Kier molecular flexibility index (Phi) is 2.10. The Hall–Kier alpha value is -0.790. The van der Waals surface area contributed by atoms with Gasteiger partial charge in [0.25, 0.3) is 0 Å². The average molecular weight is 137 g/mol. The van der Waals surface area contributed by atoms with E-state index in [1.54, 1.807) is 0 Å². The van der Waals surface area contributed by atoms with Crippen LogP contribution in [-0.4, -0.2) is 5.71 Å². The maximum atomic E-state index is 4.04. The molecule has 1 aliphatic rings. The van der Waals surface area contributed by atoms with Crippen LogP contribution in [0.25, 0.3) is 0 Å². The summed E-state index contributed by atoms with van der Waals surface area (Å²) in [6, 6.07) is 0. The normalized spacial score (nSPS) is 16.8. The molecule has 0 bridgehead atoms. The van der Waals surface area contributed by atoms with Crippen molar-refractivity contribution in [3.63, 3.8) is 0 Å². The fourth-order valence-electron chi connectivity index (χ4n) is 0.805. The first-order valence-electron chi connectivity index (χ1n) is 3.73. The van der Waals surface area contributed by atoms with Crippen molar-refractivity contribution < 1.29 is 0 Å². The third-order valence-electron chi connectivity index (χ3n) is 1.56. The molecule has 0 saturated carbocycles. The predicted molar refractivity (Wildman–Crippen MR) is 42.8 cm³/mol. The third-order valence-corrected chi connectivity index (χ3v) is 1.56. The van der Waals surface area contributed by atoms with E-state index in [0.29, 0.717) is 5.92 Å². The molecule has 2 heteroatoms. The largest absolute Gasteiger partial charge is 0.155 e. The number of hydrogen-bond acceptors (Lipinski definition) is 1. The monoisotopic (exact) mass is 137 g/mol. The third kappa shape index (κ3) is 1.38. The van der Waals surface area contributed by atoms with Gasteiger partial charge in [-0.25, -0.2) is 0 Å². The zero-order valence-electron chi connectivity index (χ0n) is 6.76. The highest BCUT2D eigenvalue weighted by Gasteiger charge is 2.10. The first-order chi connectivity index (χ1) is 4.74. The van der Waals surface area contributed by atoms with Crippen molar-refractivity contribution in [3.8, 4) is 0 Å². The lowest BCUT2D eigenvalue weighted by molar-refractivity contribution is 0.819. The van der Waals surface area contributed by atoms with Crippen molar-refractivity contribution in [2.45, 2.75) is 27.2 Å². The number of allylic oxidation sites excluding steroid dienone is 2. The van der Waals surface area contributed by atoms with Gasteiger partial charge in [0, 0.05) is 0 Å². The molecule has 1 aliphatic heterocycles. The zero-order valence-corrected chi connectivity index (χ0v) is 6.76. The van der Waals surface area contributed by atoms with Gasteiger partial charge in [0.05, 0.1) is 11.4 Å². The Balaban J connectivity index is 2.59. The molecule has 0 amide bonds. The van der Waals surface area contributed by atoms with Gasteiger partial charge in [0.15, 0.2) is 0 Å². The zero-order chi connectivity index (χ0) is 7.56. The fraction of sp³-hybridized carbons (Fsp3) is 0.625. The maximum Gasteiger partial charge on any atom is 0.0674 e. The maximum absolute atomic E-state index is 4.04. The lowest BCUT2D eigenvalue weighted by Gasteiger charge is -1.96. The predicted octanol–water partition coefficient (Wildman–Crippen LogP) is 1.91. The van der Waals surface area contributed by atoms with Crippen LogP contribution in [0.5, 0.6) is 0 Å². The van der Waals surface area contributed by atoms with Crippen LogP contribution in [-0.2, 0) is 0 Å². The standard InChI is InChI=1S/C8H13N2/c1-4-7-5-8(6(2)3)10-9-7/h5-6H,4H2,1-3H3.